The first-order chi connectivity index (χ1) is 14.8. The summed E-state index contributed by atoms with van der Waals surface area (Å²) in [5.74, 6) is -0.263. The number of nitrogens with zero attached hydrogens (tertiary/aromatic N) is 3. The molecule has 31 heavy (non-hydrogen) atoms. The minimum Gasteiger partial charge on any atom is -0.488 e. The van der Waals surface area contributed by atoms with Crippen molar-refractivity contribution in [3.8, 4) is 5.75 Å². The van der Waals surface area contributed by atoms with E-state index in [4.69, 9.17) is 21.7 Å². The molecule has 9 heteroatoms. The van der Waals surface area contributed by atoms with Crippen LogP contribution in [-0.4, -0.2) is 27.0 Å². The summed E-state index contributed by atoms with van der Waals surface area (Å²) >= 11 is 7.45. The Morgan fingerprint density at radius 2 is 2.00 bits per heavy atom. The molecule has 0 saturated heterocycles. The Balaban J connectivity index is 1.63. The molecule has 0 unspecified atom stereocenters. The van der Waals surface area contributed by atoms with Crippen LogP contribution in [-0.2, 0) is 11.4 Å². The molecular formula is C22H18ClFN4O2S. The van der Waals surface area contributed by atoms with Gasteiger partial charge >= 0.3 is 0 Å². The van der Waals surface area contributed by atoms with Crippen LogP contribution in [0.4, 0.5) is 4.39 Å². The summed E-state index contributed by atoms with van der Waals surface area (Å²) in [5, 5.41) is 15.9. The highest BCUT2D eigenvalue weighted by Crippen LogP contribution is 2.32. The molecule has 0 fully saturated rings. The Morgan fingerprint density at radius 3 is 2.71 bits per heavy atom. The quantitative estimate of drug-likeness (QED) is 0.616. The molecule has 158 valence electrons. The summed E-state index contributed by atoms with van der Waals surface area (Å²) in [6, 6.07) is 11.0. The Hall–Kier alpha value is -2.97. The first-order valence-corrected chi connectivity index (χ1v) is 10.7. The van der Waals surface area contributed by atoms with E-state index in [0.717, 1.165) is 10.6 Å². The Kier molecular flexibility index (Phi) is 5.93. The molecule has 0 radical (unpaired) electrons. The molecule has 0 saturated carbocycles. The van der Waals surface area contributed by atoms with Gasteiger partial charge in [-0.25, -0.2) is 4.39 Å². The van der Waals surface area contributed by atoms with E-state index in [0.29, 0.717) is 21.5 Å². The van der Waals surface area contributed by atoms with Gasteiger partial charge in [0.05, 0.1) is 5.57 Å². The van der Waals surface area contributed by atoms with Gasteiger partial charge in [-0.2, -0.15) is 15.1 Å². The van der Waals surface area contributed by atoms with Crippen LogP contribution in [0.3, 0.4) is 0 Å². The first-order valence-electron chi connectivity index (χ1n) is 9.48. The van der Waals surface area contributed by atoms with Crippen molar-refractivity contribution >= 4 is 51.4 Å². The fourth-order valence-corrected chi connectivity index (χ4v) is 3.97. The summed E-state index contributed by atoms with van der Waals surface area (Å²) < 4.78 is 19.0. The average Bonchev–Trinajstić information content (AvgIpc) is 3.16. The predicted molar refractivity (Wildman–Crippen MR) is 122 cm³/mol. The number of hydrazone groups is 1. The van der Waals surface area contributed by atoms with E-state index in [1.807, 2.05) is 13.8 Å². The fraction of sp³-hybridized carbons (Fsp3) is 0.182. The van der Waals surface area contributed by atoms with E-state index in [1.54, 1.807) is 30.3 Å². The second kappa shape index (κ2) is 8.64. The maximum absolute atomic E-state index is 13.1. The number of hydrogen-bond acceptors (Lipinski definition) is 5. The molecule has 0 aromatic heterocycles. The second-order valence-electron chi connectivity index (χ2n) is 7.21. The summed E-state index contributed by atoms with van der Waals surface area (Å²) in [5.41, 5.74) is 1.41. The Labute approximate surface area is 188 Å². The largest absolute Gasteiger partial charge is 0.488 e. The van der Waals surface area contributed by atoms with Crippen LogP contribution in [0.1, 0.15) is 25.0 Å². The van der Waals surface area contributed by atoms with Gasteiger partial charge in [-0.15, -0.1) is 0 Å². The highest BCUT2D eigenvalue weighted by Gasteiger charge is 2.36. The zero-order valence-electron chi connectivity index (χ0n) is 16.7. The first kappa shape index (κ1) is 21.3. The van der Waals surface area contributed by atoms with Crippen LogP contribution in [0.25, 0.3) is 6.08 Å². The van der Waals surface area contributed by atoms with E-state index in [9.17, 15) is 9.18 Å². The summed E-state index contributed by atoms with van der Waals surface area (Å²) in [7, 11) is 0. The van der Waals surface area contributed by atoms with Crippen molar-refractivity contribution in [3.63, 3.8) is 0 Å². The van der Waals surface area contributed by atoms with Gasteiger partial charge in [0.2, 0.25) is 5.17 Å². The van der Waals surface area contributed by atoms with Crippen molar-refractivity contribution in [2.45, 2.75) is 20.5 Å². The minimum absolute atomic E-state index is 0.0531. The lowest BCUT2D eigenvalue weighted by Crippen LogP contribution is -2.35. The minimum atomic E-state index is -0.520. The van der Waals surface area contributed by atoms with Crippen LogP contribution in [0, 0.1) is 17.1 Å². The number of carbonyl (C=O) groups excluding carboxylic acids is 1. The predicted octanol–water partition coefficient (Wildman–Crippen LogP) is 5.33. The van der Waals surface area contributed by atoms with Crippen molar-refractivity contribution in [1.82, 2.24) is 5.01 Å². The zero-order chi connectivity index (χ0) is 22.1. The number of rotatable bonds is 5. The smallest absolute Gasteiger partial charge is 0.283 e. The van der Waals surface area contributed by atoms with Gasteiger partial charge in [0.15, 0.2) is 5.84 Å². The molecule has 0 atom stereocenters. The third-order valence-corrected chi connectivity index (χ3v) is 5.99. The van der Waals surface area contributed by atoms with Crippen LogP contribution in [0.5, 0.6) is 5.75 Å². The topological polar surface area (TPSA) is 78.1 Å². The molecular weight excluding hydrogens is 439 g/mol. The number of halogens is 2. The van der Waals surface area contributed by atoms with Crippen LogP contribution in [0.2, 0.25) is 5.02 Å². The standard InChI is InChI=1S/C22H18ClFN4O2S/c1-12(2)21-27-28-19(25)17(20(29)26-22(28)31-21)10-14-9-15(23)5-8-18(14)30-11-13-3-6-16(24)7-4-13/h3-10,12,25H,11H2,1-2H3/b17-10+,25-19?. The maximum atomic E-state index is 13.1. The maximum Gasteiger partial charge on any atom is 0.283 e. The summed E-state index contributed by atoms with van der Waals surface area (Å²) in [4.78, 5) is 16.7. The molecule has 2 aromatic rings. The van der Waals surface area contributed by atoms with E-state index in [2.05, 4.69) is 10.1 Å². The third kappa shape index (κ3) is 4.55. The van der Waals surface area contributed by atoms with Crippen LogP contribution < -0.4 is 4.74 Å². The summed E-state index contributed by atoms with van der Waals surface area (Å²) in [6.07, 6.45) is 1.53. The molecule has 4 rings (SSSR count). The van der Waals surface area contributed by atoms with Gasteiger partial charge in [0.1, 0.15) is 23.2 Å². The molecule has 0 spiro atoms. The Bertz CT molecular complexity index is 1160. The highest BCUT2D eigenvalue weighted by molar-refractivity contribution is 8.27. The molecule has 6 nitrogen and oxygen atoms in total. The third-order valence-electron chi connectivity index (χ3n) is 4.54. The fourth-order valence-electron chi connectivity index (χ4n) is 2.90. The summed E-state index contributed by atoms with van der Waals surface area (Å²) in [6.45, 7) is 4.18. The number of hydrogen-bond donors (Lipinski definition) is 1. The van der Waals surface area contributed by atoms with Crippen molar-refractivity contribution in [2.24, 2.45) is 16.0 Å². The van der Waals surface area contributed by atoms with Gasteiger partial charge in [-0.05, 0) is 53.7 Å². The molecule has 2 aromatic carbocycles. The molecule has 1 N–H and O–H groups in total. The lowest BCUT2D eigenvalue weighted by Gasteiger charge is -2.20. The van der Waals surface area contributed by atoms with E-state index < -0.39 is 5.91 Å². The monoisotopic (exact) mass is 456 g/mol. The number of carbonyl (C=O) groups is 1. The van der Waals surface area contributed by atoms with Crippen molar-refractivity contribution < 1.29 is 13.9 Å². The van der Waals surface area contributed by atoms with E-state index in [1.165, 1.54) is 35.0 Å². The van der Waals surface area contributed by atoms with Crippen molar-refractivity contribution in [1.29, 1.82) is 5.41 Å². The number of thioether (sulfide) groups is 1. The molecule has 2 aliphatic heterocycles. The lowest BCUT2D eigenvalue weighted by molar-refractivity contribution is -0.114. The van der Waals surface area contributed by atoms with E-state index in [-0.39, 0.29) is 29.8 Å². The number of amides is 1. The number of benzene rings is 2. The molecule has 0 aliphatic carbocycles. The highest BCUT2D eigenvalue weighted by atomic mass is 35.5. The molecule has 1 amide bonds. The second-order valence-corrected chi connectivity index (χ2v) is 8.63. The van der Waals surface area contributed by atoms with Gasteiger partial charge in [-0.1, -0.05) is 37.6 Å². The molecule has 0 bridgehead atoms. The zero-order valence-corrected chi connectivity index (χ0v) is 18.3. The van der Waals surface area contributed by atoms with Crippen LogP contribution >= 0.6 is 23.4 Å². The Morgan fingerprint density at radius 1 is 1.26 bits per heavy atom. The number of fused-ring (bicyclic) bond motifs is 1. The van der Waals surface area contributed by atoms with Gasteiger partial charge < -0.3 is 4.74 Å². The van der Waals surface area contributed by atoms with Crippen molar-refractivity contribution in [2.75, 3.05) is 0 Å². The van der Waals surface area contributed by atoms with Crippen molar-refractivity contribution in [3.05, 3.63) is 70.0 Å². The normalized spacial score (nSPS) is 17.2. The number of aliphatic imine (C=N–C) groups is 1. The lowest BCUT2D eigenvalue weighted by atomic mass is 10.1. The number of nitrogens with one attached hydrogen (secondary N) is 1. The van der Waals surface area contributed by atoms with Crippen LogP contribution in [0.15, 0.2) is 58.1 Å². The SMILES string of the molecule is CC(C)C1=NN2C(=N)/C(=C\c3cc(Cl)ccc3OCc3ccc(F)cc3)C(=O)N=C2S1. The molecule has 2 heterocycles. The van der Waals surface area contributed by atoms with Gasteiger partial charge in [-0.3, -0.25) is 10.2 Å². The van der Waals surface area contributed by atoms with E-state index >= 15 is 0 Å². The number of amidine groups is 2. The number of ether oxygens (including phenoxy) is 1. The average molecular weight is 457 g/mol. The molecule has 2 aliphatic rings. The van der Waals surface area contributed by atoms with Gasteiger partial charge in [0.25, 0.3) is 5.91 Å². The van der Waals surface area contributed by atoms with Gasteiger partial charge in [0, 0.05) is 16.5 Å².